The van der Waals surface area contributed by atoms with Crippen LogP contribution in [0.3, 0.4) is 0 Å². The van der Waals surface area contributed by atoms with E-state index in [1.54, 1.807) is 30.9 Å². The summed E-state index contributed by atoms with van der Waals surface area (Å²) in [5.41, 5.74) is 6.01. The molecule has 0 fully saturated rings. The normalized spacial score (nSPS) is 10.6. The first-order chi connectivity index (χ1) is 8.60. The van der Waals surface area contributed by atoms with Crippen molar-refractivity contribution in [3.05, 3.63) is 29.3 Å². The van der Waals surface area contributed by atoms with Crippen LogP contribution in [0.4, 0.5) is 5.13 Å². The summed E-state index contributed by atoms with van der Waals surface area (Å²) in [6.07, 6.45) is 1.72. The van der Waals surface area contributed by atoms with Crippen molar-refractivity contribution in [2.45, 2.75) is 16.9 Å². The Hall–Kier alpha value is -1.47. The van der Waals surface area contributed by atoms with Crippen molar-refractivity contribution < 1.29 is 13.9 Å². The van der Waals surface area contributed by atoms with Crippen molar-refractivity contribution >= 4 is 34.2 Å². The minimum absolute atomic E-state index is 0.380. The van der Waals surface area contributed by atoms with Gasteiger partial charge in [0.25, 0.3) is 0 Å². The van der Waals surface area contributed by atoms with E-state index in [2.05, 4.69) is 9.72 Å². The number of nitrogens with zero attached hydrogens (tertiary/aromatic N) is 1. The van der Waals surface area contributed by atoms with E-state index < -0.39 is 0 Å². The second-order valence-corrected chi connectivity index (χ2v) is 5.82. The van der Waals surface area contributed by atoms with Crippen molar-refractivity contribution in [2.75, 3.05) is 12.8 Å². The van der Waals surface area contributed by atoms with Gasteiger partial charge in [0.1, 0.15) is 17.1 Å². The number of carbonyl (C=O) groups excluding carboxylic acids is 1. The van der Waals surface area contributed by atoms with Crippen LogP contribution < -0.4 is 5.73 Å². The molecule has 2 rings (SSSR count). The minimum Gasteiger partial charge on any atom is -0.465 e. The van der Waals surface area contributed by atoms with E-state index in [1.165, 1.54) is 18.4 Å². The monoisotopic (exact) mass is 284 g/mol. The van der Waals surface area contributed by atoms with Crippen LogP contribution in [0.15, 0.2) is 20.9 Å². The number of hydrogen-bond acceptors (Lipinski definition) is 7. The van der Waals surface area contributed by atoms with Gasteiger partial charge in [-0.25, -0.2) is 9.78 Å². The summed E-state index contributed by atoms with van der Waals surface area (Å²) < 4.78 is 11.2. The zero-order valence-corrected chi connectivity index (χ0v) is 11.6. The lowest BCUT2D eigenvalue weighted by atomic mass is 10.2. The predicted octanol–water partition coefficient (Wildman–Crippen LogP) is 2.71. The van der Waals surface area contributed by atoms with Crippen LogP contribution >= 0.6 is 23.1 Å². The molecule has 5 nitrogen and oxygen atoms in total. The van der Waals surface area contributed by atoms with E-state index in [-0.39, 0.29) is 5.97 Å². The van der Waals surface area contributed by atoms with E-state index in [4.69, 9.17) is 10.2 Å². The standard InChI is InChI=1S/C11H12N2O3S2/c1-6-8(10(14)15-2)3-7(16-6)5-17-9-4-13-11(12)18-9/h3-4H,5H2,1-2H3,(H2,12,13). The van der Waals surface area contributed by atoms with Gasteiger partial charge in [0.15, 0.2) is 5.13 Å². The number of aryl methyl sites for hydroxylation is 1. The summed E-state index contributed by atoms with van der Waals surface area (Å²) in [5.74, 6) is 1.54. The predicted molar refractivity (Wildman–Crippen MR) is 70.9 cm³/mol. The number of carbonyl (C=O) groups is 1. The number of aromatic nitrogens is 1. The molecule has 0 saturated heterocycles. The van der Waals surface area contributed by atoms with E-state index in [0.717, 1.165) is 9.97 Å². The number of nitrogen functional groups attached to an aromatic ring is 1. The fourth-order valence-electron chi connectivity index (χ4n) is 1.41. The largest absolute Gasteiger partial charge is 0.465 e. The zero-order valence-electron chi connectivity index (χ0n) is 9.93. The van der Waals surface area contributed by atoms with Gasteiger partial charge in [-0.1, -0.05) is 11.3 Å². The van der Waals surface area contributed by atoms with Crippen LogP contribution in [0.5, 0.6) is 0 Å². The number of thioether (sulfide) groups is 1. The number of rotatable bonds is 4. The fraction of sp³-hybridized carbons (Fsp3) is 0.273. The van der Waals surface area contributed by atoms with Gasteiger partial charge in [-0.2, -0.15) is 0 Å². The molecule has 0 aromatic carbocycles. The molecule has 0 aliphatic heterocycles. The van der Waals surface area contributed by atoms with Crippen LogP contribution in [-0.2, 0) is 10.5 Å². The SMILES string of the molecule is COC(=O)c1cc(CSc2cnc(N)s2)oc1C. The van der Waals surface area contributed by atoms with E-state index in [0.29, 0.717) is 22.2 Å². The number of nitrogens with two attached hydrogens (primary N) is 1. The Kier molecular flexibility index (Phi) is 3.93. The Morgan fingerprint density at radius 1 is 1.67 bits per heavy atom. The van der Waals surface area contributed by atoms with E-state index in [9.17, 15) is 4.79 Å². The van der Waals surface area contributed by atoms with Crippen LogP contribution in [0.25, 0.3) is 0 Å². The van der Waals surface area contributed by atoms with Gasteiger partial charge in [0, 0.05) is 0 Å². The molecule has 7 heteroatoms. The number of anilines is 1. The Labute approximate surface area is 112 Å². The Bertz CT molecular complexity index is 562. The van der Waals surface area contributed by atoms with E-state index >= 15 is 0 Å². The molecule has 0 aliphatic rings. The molecule has 0 bridgehead atoms. The lowest BCUT2D eigenvalue weighted by molar-refractivity contribution is 0.0599. The third-order valence-electron chi connectivity index (χ3n) is 2.23. The smallest absolute Gasteiger partial charge is 0.341 e. The first-order valence-corrected chi connectivity index (χ1v) is 6.92. The van der Waals surface area contributed by atoms with Crippen LogP contribution in [0.1, 0.15) is 21.9 Å². The summed E-state index contributed by atoms with van der Waals surface area (Å²) in [6, 6.07) is 1.71. The highest BCUT2D eigenvalue weighted by Crippen LogP contribution is 2.30. The maximum absolute atomic E-state index is 11.4. The molecule has 0 amide bonds. The highest BCUT2D eigenvalue weighted by molar-refractivity contribution is 8.00. The van der Waals surface area contributed by atoms with Crippen molar-refractivity contribution in [3.8, 4) is 0 Å². The minimum atomic E-state index is -0.380. The fourth-order valence-corrected chi connectivity index (χ4v) is 3.05. The third kappa shape index (κ3) is 2.85. The highest BCUT2D eigenvalue weighted by Gasteiger charge is 2.15. The van der Waals surface area contributed by atoms with Crippen LogP contribution in [0, 0.1) is 6.92 Å². The van der Waals surface area contributed by atoms with Crippen molar-refractivity contribution in [3.63, 3.8) is 0 Å². The van der Waals surface area contributed by atoms with Gasteiger partial charge in [-0.15, -0.1) is 11.8 Å². The van der Waals surface area contributed by atoms with Crippen LogP contribution in [-0.4, -0.2) is 18.1 Å². The van der Waals surface area contributed by atoms with Crippen molar-refractivity contribution in [1.29, 1.82) is 0 Å². The first kappa shape index (κ1) is 13.0. The number of hydrogen-bond donors (Lipinski definition) is 1. The third-order valence-corrected chi connectivity index (χ3v) is 4.28. The number of thiazole rings is 1. The number of ether oxygens (including phenoxy) is 1. The molecule has 2 aromatic rings. The molecule has 2 heterocycles. The molecule has 0 spiro atoms. The first-order valence-electron chi connectivity index (χ1n) is 5.12. The van der Waals surface area contributed by atoms with Crippen molar-refractivity contribution in [2.24, 2.45) is 0 Å². The lowest BCUT2D eigenvalue weighted by Crippen LogP contribution is -2.00. The molecule has 0 unspecified atom stereocenters. The average Bonchev–Trinajstić information content (AvgIpc) is 2.92. The Morgan fingerprint density at radius 2 is 2.44 bits per heavy atom. The van der Waals surface area contributed by atoms with Crippen LogP contribution in [0.2, 0.25) is 0 Å². The summed E-state index contributed by atoms with van der Waals surface area (Å²) in [6.45, 7) is 1.74. The number of methoxy groups -OCH3 is 1. The zero-order chi connectivity index (χ0) is 13.1. The van der Waals surface area contributed by atoms with Gasteiger partial charge in [-0.3, -0.25) is 0 Å². The molecule has 0 saturated carbocycles. The quantitative estimate of drug-likeness (QED) is 0.687. The molecule has 2 aromatic heterocycles. The molecule has 96 valence electrons. The van der Waals surface area contributed by atoms with Gasteiger partial charge < -0.3 is 14.9 Å². The maximum Gasteiger partial charge on any atom is 0.341 e. The Morgan fingerprint density at radius 3 is 3.06 bits per heavy atom. The van der Waals surface area contributed by atoms with Gasteiger partial charge in [-0.05, 0) is 13.0 Å². The second kappa shape index (κ2) is 5.45. The topological polar surface area (TPSA) is 78.3 Å². The summed E-state index contributed by atoms with van der Waals surface area (Å²) in [4.78, 5) is 15.4. The van der Waals surface area contributed by atoms with Gasteiger partial charge in [0.2, 0.25) is 0 Å². The maximum atomic E-state index is 11.4. The van der Waals surface area contributed by atoms with Crippen molar-refractivity contribution in [1.82, 2.24) is 4.98 Å². The second-order valence-electron chi connectivity index (χ2n) is 3.48. The van der Waals surface area contributed by atoms with Gasteiger partial charge in [0.05, 0.1) is 23.3 Å². The lowest BCUT2D eigenvalue weighted by Gasteiger charge is -1.93. The highest BCUT2D eigenvalue weighted by atomic mass is 32.2. The molecule has 0 radical (unpaired) electrons. The molecule has 0 atom stereocenters. The molecule has 2 N–H and O–H groups in total. The summed E-state index contributed by atoms with van der Waals surface area (Å²) >= 11 is 2.99. The Balaban J connectivity index is 2.04. The molecular weight excluding hydrogens is 272 g/mol. The average molecular weight is 284 g/mol. The van der Waals surface area contributed by atoms with E-state index in [1.807, 2.05) is 0 Å². The summed E-state index contributed by atoms with van der Waals surface area (Å²) in [7, 11) is 1.35. The molecular formula is C11H12N2O3S2. The molecule has 18 heavy (non-hydrogen) atoms. The number of esters is 1. The number of furan rings is 1. The summed E-state index contributed by atoms with van der Waals surface area (Å²) in [5, 5.41) is 0.545. The van der Waals surface area contributed by atoms with Gasteiger partial charge >= 0.3 is 5.97 Å². The molecule has 0 aliphatic carbocycles.